The molecule has 13 heavy (non-hydrogen) atoms. The summed E-state index contributed by atoms with van der Waals surface area (Å²) in [5.41, 5.74) is 0. The molecular formula is C10H19NO2. The first-order valence-corrected chi connectivity index (χ1v) is 5.15. The van der Waals surface area contributed by atoms with Crippen molar-refractivity contribution in [3.63, 3.8) is 0 Å². The Balaban J connectivity index is 2.27. The Morgan fingerprint density at radius 1 is 1.46 bits per heavy atom. The van der Waals surface area contributed by atoms with Crippen molar-refractivity contribution < 1.29 is 9.90 Å². The second-order valence-corrected chi connectivity index (χ2v) is 3.79. The maximum absolute atomic E-state index is 10.6. The predicted octanol–water partition coefficient (Wildman–Crippen LogP) is 1.58. The van der Waals surface area contributed by atoms with Gasteiger partial charge in [-0.1, -0.05) is 13.8 Å². The van der Waals surface area contributed by atoms with Gasteiger partial charge in [0.25, 0.3) is 0 Å². The lowest BCUT2D eigenvalue weighted by molar-refractivity contribution is -0.147. The fraction of sp³-hybridized carbons (Fsp3) is 0.900. The molecule has 1 N–H and O–H groups in total. The Bertz CT molecular complexity index is 176. The standard InChI is InChI=1S/C10H19NO2/c1-3-5-11(4-2)9-6-8(7-9)10(12)13/h8-9H,3-7H2,1-2H3,(H,12,13). The molecule has 0 heterocycles. The molecule has 0 aromatic carbocycles. The smallest absolute Gasteiger partial charge is 0.306 e. The molecule has 0 amide bonds. The van der Waals surface area contributed by atoms with Crippen molar-refractivity contribution >= 4 is 5.97 Å². The van der Waals surface area contributed by atoms with Crippen LogP contribution in [0.15, 0.2) is 0 Å². The molecule has 1 aliphatic rings. The summed E-state index contributed by atoms with van der Waals surface area (Å²) in [6.45, 7) is 6.46. The van der Waals surface area contributed by atoms with Crippen molar-refractivity contribution in [2.24, 2.45) is 5.92 Å². The highest BCUT2D eigenvalue weighted by Gasteiger charge is 2.36. The summed E-state index contributed by atoms with van der Waals surface area (Å²) >= 11 is 0. The van der Waals surface area contributed by atoms with E-state index in [1.165, 1.54) is 0 Å². The fourth-order valence-corrected chi connectivity index (χ4v) is 1.97. The zero-order valence-electron chi connectivity index (χ0n) is 8.49. The summed E-state index contributed by atoms with van der Waals surface area (Å²) in [7, 11) is 0. The molecule has 1 saturated carbocycles. The second-order valence-electron chi connectivity index (χ2n) is 3.79. The van der Waals surface area contributed by atoms with E-state index in [2.05, 4.69) is 18.7 Å². The highest BCUT2D eigenvalue weighted by atomic mass is 16.4. The molecule has 3 heteroatoms. The van der Waals surface area contributed by atoms with Crippen LogP contribution >= 0.6 is 0 Å². The van der Waals surface area contributed by atoms with E-state index in [1.54, 1.807) is 0 Å². The van der Waals surface area contributed by atoms with Crippen LogP contribution < -0.4 is 0 Å². The van der Waals surface area contributed by atoms with Gasteiger partial charge in [-0.15, -0.1) is 0 Å². The second kappa shape index (κ2) is 4.61. The summed E-state index contributed by atoms with van der Waals surface area (Å²) in [5, 5.41) is 8.72. The van der Waals surface area contributed by atoms with Gasteiger partial charge in [0.2, 0.25) is 0 Å². The van der Waals surface area contributed by atoms with Crippen LogP contribution in [0.1, 0.15) is 33.1 Å². The van der Waals surface area contributed by atoms with Crippen molar-refractivity contribution in [3.8, 4) is 0 Å². The van der Waals surface area contributed by atoms with Crippen molar-refractivity contribution in [1.29, 1.82) is 0 Å². The third kappa shape index (κ3) is 2.44. The van der Waals surface area contributed by atoms with Gasteiger partial charge in [-0.25, -0.2) is 0 Å². The van der Waals surface area contributed by atoms with Gasteiger partial charge in [0, 0.05) is 6.04 Å². The number of hydrogen-bond donors (Lipinski definition) is 1. The topological polar surface area (TPSA) is 40.5 Å². The van der Waals surface area contributed by atoms with E-state index in [0.29, 0.717) is 6.04 Å². The first-order valence-electron chi connectivity index (χ1n) is 5.15. The molecule has 76 valence electrons. The summed E-state index contributed by atoms with van der Waals surface area (Å²) in [6.07, 6.45) is 2.86. The normalized spacial score (nSPS) is 27.3. The number of rotatable bonds is 5. The number of carboxylic acids is 1. The fourth-order valence-electron chi connectivity index (χ4n) is 1.97. The lowest BCUT2D eigenvalue weighted by Crippen LogP contribution is -2.47. The minimum Gasteiger partial charge on any atom is -0.481 e. The Morgan fingerprint density at radius 3 is 2.46 bits per heavy atom. The van der Waals surface area contributed by atoms with Gasteiger partial charge in [-0.3, -0.25) is 4.79 Å². The van der Waals surface area contributed by atoms with Crippen LogP contribution in [0.2, 0.25) is 0 Å². The minimum atomic E-state index is -0.621. The van der Waals surface area contributed by atoms with Gasteiger partial charge in [-0.2, -0.15) is 0 Å². The van der Waals surface area contributed by atoms with Gasteiger partial charge in [0.05, 0.1) is 5.92 Å². The zero-order valence-corrected chi connectivity index (χ0v) is 8.49. The van der Waals surface area contributed by atoms with E-state index >= 15 is 0 Å². The van der Waals surface area contributed by atoms with E-state index in [0.717, 1.165) is 32.4 Å². The molecule has 0 aromatic heterocycles. The largest absolute Gasteiger partial charge is 0.481 e. The third-order valence-electron chi connectivity index (χ3n) is 2.90. The van der Waals surface area contributed by atoms with Crippen LogP contribution in [-0.4, -0.2) is 35.1 Å². The molecule has 0 unspecified atom stereocenters. The van der Waals surface area contributed by atoms with E-state index < -0.39 is 5.97 Å². The van der Waals surface area contributed by atoms with Gasteiger partial charge < -0.3 is 10.0 Å². The SMILES string of the molecule is CCCN(CC)C1CC(C(=O)O)C1. The third-order valence-corrected chi connectivity index (χ3v) is 2.90. The molecule has 1 fully saturated rings. The first-order chi connectivity index (χ1) is 6.19. The van der Waals surface area contributed by atoms with Crippen molar-refractivity contribution in [2.75, 3.05) is 13.1 Å². The summed E-state index contributed by atoms with van der Waals surface area (Å²) < 4.78 is 0. The van der Waals surface area contributed by atoms with Crippen LogP contribution in [0, 0.1) is 5.92 Å². The zero-order chi connectivity index (χ0) is 9.84. The Labute approximate surface area is 79.7 Å². The van der Waals surface area contributed by atoms with E-state index in [-0.39, 0.29) is 5.92 Å². The molecule has 0 bridgehead atoms. The molecule has 3 nitrogen and oxygen atoms in total. The number of carboxylic acid groups (broad SMARTS) is 1. The van der Waals surface area contributed by atoms with Crippen LogP contribution in [-0.2, 0) is 4.79 Å². The molecule has 0 aliphatic heterocycles. The monoisotopic (exact) mass is 185 g/mol. The number of hydrogen-bond acceptors (Lipinski definition) is 2. The number of aliphatic carboxylic acids is 1. The highest BCUT2D eigenvalue weighted by molar-refractivity contribution is 5.71. The molecule has 0 saturated heterocycles. The summed E-state index contributed by atoms with van der Waals surface area (Å²) in [6, 6.07) is 0.533. The van der Waals surface area contributed by atoms with Gasteiger partial charge >= 0.3 is 5.97 Å². The Hall–Kier alpha value is -0.570. The quantitative estimate of drug-likeness (QED) is 0.707. The van der Waals surface area contributed by atoms with Gasteiger partial charge in [-0.05, 0) is 32.4 Å². The first kappa shape index (κ1) is 10.5. The lowest BCUT2D eigenvalue weighted by Gasteiger charge is -2.40. The maximum Gasteiger partial charge on any atom is 0.306 e. The molecule has 1 aliphatic carbocycles. The maximum atomic E-state index is 10.6. The van der Waals surface area contributed by atoms with Crippen molar-refractivity contribution in [1.82, 2.24) is 4.90 Å². The average molecular weight is 185 g/mol. The molecule has 0 aromatic rings. The van der Waals surface area contributed by atoms with Gasteiger partial charge in [0.15, 0.2) is 0 Å². The van der Waals surface area contributed by atoms with Crippen LogP contribution in [0.25, 0.3) is 0 Å². The molecule has 1 rings (SSSR count). The predicted molar refractivity (Wildman–Crippen MR) is 51.7 cm³/mol. The van der Waals surface area contributed by atoms with E-state index in [9.17, 15) is 4.79 Å². The lowest BCUT2D eigenvalue weighted by atomic mass is 9.79. The Morgan fingerprint density at radius 2 is 2.08 bits per heavy atom. The van der Waals surface area contributed by atoms with Crippen molar-refractivity contribution in [3.05, 3.63) is 0 Å². The van der Waals surface area contributed by atoms with E-state index in [4.69, 9.17) is 5.11 Å². The van der Waals surface area contributed by atoms with Crippen molar-refractivity contribution in [2.45, 2.75) is 39.2 Å². The summed E-state index contributed by atoms with van der Waals surface area (Å²) in [5.74, 6) is -0.695. The van der Waals surface area contributed by atoms with Crippen LogP contribution in [0.5, 0.6) is 0 Å². The van der Waals surface area contributed by atoms with E-state index in [1.807, 2.05) is 0 Å². The summed E-state index contributed by atoms with van der Waals surface area (Å²) in [4.78, 5) is 13.0. The number of carbonyl (C=O) groups is 1. The van der Waals surface area contributed by atoms with Crippen LogP contribution in [0.4, 0.5) is 0 Å². The molecule has 0 spiro atoms. The van der Waals surface area contributed by atoms with Crippen LogP contribution in [0.3, 0.4) is 0 Å². The number of nitrogens with zero attached hydrogens (tertiary/aromatic N) is 1. The minimum absolute atomic E-state index is 0.0732. The molecule has 0 atom stereocenters. The molecule has 0 radical (unpaired) electrons. The Kier molecular flexibility index (Phi) is 3.72. The molecular weight excluding hydrogens is 166 g/mol. The van der Waals surface area contributed by atoms with Gasteiger partial charge in [0.1, 0.15) is 0 Å². The highest BCUT2D eigenvalue weighted by Crippen LogP contribution is 2.31. The average Bonchev–Trinajstić information content (AvgIpc) is 1.99.